The highest BCUT2D eigenvalue weighted by Gasteiger charge is 2.27. The number of amides is 1. The lowest BCUT2D eigenvalue weighted by Crippen LogP contribution is -2.21. The minimum Gasteiger partial charge on any atom is -0.492 e. The molecule has 0 bridgehead atoms. The van der Waals surface area contributed by atoms with Crippen LogP contribution in [0.1, 0.15) is 45.8 Å². The van der Waals surface area contributed by atoms with Gasteiger partial charge in [-0.25, -0.2) is 15.0 Å². The zero-order valence-corrected chi connectivity index (χ0v) is 16.7. The van der Waals surface area contributed by atoms with Crippen LogP contribution in [0.4, 0.5) is 0 Å². The molecule has 0 saturated heterocycles. The van der Waals surface area contributed by atoms with Crippen LogP contribution in [0.15, 0.2) is 36.7 Å². The van der Waals surface area contributed by atoms with Crippen LogP contribution in [0.5, 0.6) is 5.75 Å². The van der Waals surface area contributed by atoms with Crippen molar-refractivity contribution in [2.75, 3.05) is 6.61 Å². The molecule has 0 fully saturated rings. The molecule has 0 saturated carbocycles. The Morgan fingerprint density at radius 3 is 2.86 bits per heavy atom. The molecule has 3 aromatic rings. The van der Waals surface area contributed by atoms with E-state index in [1.807, 2.05) is 25.1 Å². The molecule has 2 atom stereocenters. The Morgan fingerprint density at radius 1 is 1.38 bits per heavy atom. The lowest BCUT2D eigenvalue weighted by molar-refractivity contribution is 0.0999. The highest BCUT2D eigenvalue weighted by Crippen LogP contribution is 2.41. The van der Waals surface area contributed by atoms with Gasteiger partial charge in [-0.3, -0.25) is 4.79 Å². The molecule has 2 aromatic heterocycles. The van der Waals surface area contributed by atoms with Crippen molar-refractivity contribution in [2.24, 2.45) is 5.73 Å². The summed E-state index contributed by atoms with van der Waals surface area (Å²) in [4.78, 5) is 25.1. The molecule has 0 spiro atoms. The van der Waals surface area contributed by atoms with E-state index in [9.17, 15) is 9.90 Å². The SMILES string of the molecule is C[C@@H]1COc2ccc(C#C[C@@](C)(O)c3ncccn3)cc2-c2nc(C(N)=O)sc21. The van der Waals surface area contributed by atoms with Crippen molar-refractivity contribution >= 4 is 17.2 Å². The smallest absolute Gasteiger partial charge is 0.277 e. The molecule has 29 heavy (non-hydrogen) atoms. The fraction of sp³-hybridized carbons (Fsp3) is 0.238. The standard InChI is InChI=1S/C21H18N4O3S/c1-12-11-28-15-5-4-13(6-7-21(2,27)20-23-8-3-9-24-20)10-14(15)16-17(12)29-19(25-16)18(22)26/h3-5,8-10,12,27H,11H2,1-2H3,(H2,22,26)/t12-,21-/m1/s1. The topological polar surface area (TPSA) is 111 Å². The number of thiazole rings is 1. The molecule has 4 rings (SSSR count). The first-order chi connectivity index (χ1) is 13.8. The van der Waals surface area contributed by atoms with E-state index in [0.717, 1.165) is 10.4 Å². The van der Waals surface area contributed by atoms with E-state index < -0.39 is 11.5 Å². The van der Waals surface area contributed by atoms with Crippen LogP contribution in [0.25, 0.3) is 11.3 Å². The van der Waals surface area contributed by atoms with Crippen molar-refractivity contribution < 1.29 is 14.6 Å². The van der Waals surface area contributed by atoms with Crippen LogP contribution in [0, 0.1) is 11.8 Å². The summed E-state index contributed by atoms with van der Waals surface area (Å²) in [5.74, 6) is 6.22. The molecule has 0 radical (unpaired) electrons. The third-order valence-corrected chi connectivity index (χ3v) is 5.79. The largest absolute Gasteiger partial charge is 0.492 e. The minimum absolute atomic E-state index is 0.0773. The van der Waals surface area contributed by atoms with Crippen LogP contribution in [-0.4, -0.2) is 32.6 Å². The second kappa shape index (κ2) is 7.28. The van der Waals surface area contributed by atoms with Gasteiger partial charge < -0.3 is 15.6 Å². The molecule has 8 heteroatoms. The molecule has 1 aliphatic rings. The summed E-state index contributed by atoms with van der Waals surface area (Å²) in [7, 11) is 0. The Bertz CT molecular complexity index is 1150. The average molecular weight is 406 g/mol. The fourth-order valence-corrected chi connectivity index (χ4v) is 3.94. The van der Waals surface area contributed by atoms with Crippen LogP contribution >= 0.6 is 11.3 Å². The number of aromatic nitrogens is 3. The number of ether oxygens (including phenoxy) is 1. The summed E-state index contributed by atoms with van der Waals surface area (Å²) in [5, 5.41) is 10.9. The highest BCUT2D eigenvalue weighted by molar-refractivity contribution is 7.14. The van der Waals surface area contributed by atoms with Gasteiger partial charge in [0.15, 0.2) is 16.4 Å². The first-order valence-electron chi connectivity index (χ1n) is 8.96. The number of benzene rings is 1. The Morgan fingerprint density at radius 2 is 2.14 bits per heavy atom. The number of hydrogen-bond acceptors (Lipinski definition) is 7. The monoisotopic (exact) mass is 406 g/mol. The minimum atomic E-state index is -1.50. The molecule has 1 aliphatic heterocycles. The predicted octanol–water partition coefficient (Wildman–Crippen LogP) is 2.45. The van der Waals surface area contributed by atoms with E-state index in [1.54, 1.807) is 25.4 Å². The predicted molar refractivity (Wildman–Crippen MR) is 108 cm³/mol. The van der Waals surface area contributed by atoms with Crippen molar-refractivity contribution in [1.29, 1.82) is 0 Å². The summed E-state index contributed by atoms with van der Waals surface area (Å²) >= 11 is 1.29. The molecule has 1 amide bonds. The number of fused-ring (bicyclic) bond motifs is 3. The Kier molecular flexibility index (Phi) is 4.78. The van der Waals surface area contributed by atoms with Crippen molar-refractivity contribution in [3.8, 4) is 28.8 Å². The summed E-state index contributed by atoms with van der Waals surface area (Å²) in [6, 6.07) is 7.14. The number of carbonyl (C=O) groups excluding carboxylic acids is 1. The number of nitrogens with zero attached hydrogens (tertiary/aromatic N) is 3. The number of rotatable bonds is 2. The molecule has 146 valence electrons. The maximum Gasteiger partial charge on any atom is 0.277 e. The van der Waals surface area contributed by atoms with E-state index in [-0.39, 0.29) is 16.7 Å². The fourth-order valence-electron chi connectivity index (χ4n) is 2.97. The van der Waals surface area contributed by atoms with E-state index in [0.29, 0.717) is 23.6 Å². The maximum atomic E-state index is 11.6. The normalized spacial score (nSPS) is 16.9. The number of carbonyl (C=O) groups is 1. The highest BCUT2D eigenvalue weighted by atomic mass is 32.1. The molecular weight excluding hydrogens is 388 g/mol. The molecule has 1 aromatic carbocycles. The quantitative estimate of drug-likeness (QED) is 0.633. The van der Waals surface area contributed by atoms with E-state index in [2.05, 4.69) is 26.8 Å². The van der Waals surface area contributed by atoms with E-state index >= 15 is 0 Å². The molecule has 0 unspecified atom stereocenters. The Balaban J connectivity index is 1.76. The zero-order chi connectivity index (χ0) is 20.6. The Labute approximate surface area is 171 Å². The first kappa shape index (κ1) is 19.1. The number of aliphatic hydroxyl groups is 1. The zero-order valence-electron chi connectivity index (χ0n) is 15.8. The maximum absolute atomic E-state index is 11.6. The second-order valence-corrected chi connectivity index (χ2v) is 7.94. The third kappa shape index (κ3) is 3.70. The van der Waals surface area contributed by atoms with E-state index in [4.69, 9.17) is 10.5 Å². The van der Waals surface area contributed by atoms with Gasteiger partial charge in [-0.1, -0.05) is 18.8 Å². The van der Waals surface area contributed by atoms with E-state index in [1.165, 1.54) is 11.3 Å². The third-order valence-electron chi connectivity index (χ3n) is 4.49. The van der Waals surface area contributed by atoms with Gasteiger partial charge in [0, 0.05) is 34.3 Å². The molecular formula is C21H18N4O3S. The first-order valence-corrected chi connectivity index (χ1v) is 9.77. The summed E-state index contributed by atoms with van der Waals surface area (Å²) in [6.45, 7) is 4.04. The molecule has 7 nitrogen and oxygen atoms in total. The van der Waals surface area contributed by atoms with Gasteiger partial charge in [-0.2, -0.15) is 0 Å². The summed E-state index contributed by atoms with van der Waals surface area (Å²) in [6.07, 6.45) is 3.11. The Hall–Kier alpha value is -3.28. The molecule has 0 aliphatic carbocycles. The van der Waals surface area contributed by atoms with Crippen molar-refractivity contribution in [3.05, 3.63) is 57.9 Å². The van der Waals surface area contributed by atoms with Crippen molar-refractivity contribution in [2.45, 2.75) is 25.4 Å². The second-order valence-electron chi connectivity index (χ2n) is 6.91. The van der Waals surface area contributed by atoms with Crippen LogP contribution in [-0.2, 0) is 5.60 Å². The van der Waals surface area contributed by atoms with Gasteiger partial charge in [-0.05, 0) is 31.2 Å². The van der Waals surface area contributed by atoms with Gasteiger partial charge >= 0.3 is 0 Å². The van der Waals surface area contributed by atoms with Crippen molar-refractivity contribution in [1.82, 2.24) is 15.0 Å². The van der Waals surface area contributed by atoms with Gasteiger partial charge in [0.05, 0.1) is 12.3 Å². The lowest BCUT2D eigenvalue weighted by Gasteiger charge is -2.13. The average Bonchev–Trinajstić information content (AvgIpc) is 3.12. The van der Waals surface area contributed by atoms with Gasteiger partial charge in [0.25, 0.3) is 5.91 Å². The van der Waals surface area contributed by atoms with Gasteiger partial charge in [0.2, 0.25) is 0 Å². The number of nitrogens with two attached hydrogens (primary N) is 1. The van der Waals surface area contributed by atoms with Crippen molar-refractivity contribution in [3.63, 3.8) is 0 Å². The van der Waals surface area contributed by atoms with Crippen LogP contribution < -0.4 is 10.5 Å². The molecule has 3 N–H and O–H groups in total. The lowest BCUT2D eigenvalue weighted by atomic mass is 10.0. The summed E-state index contributed by atoms with van der Waals surface area (Å²) < 4.78 is 5.90. The number of primary amides is 1. The summed E-state index contributed by atoms with van der Waals surface area (Å²) in [5.41, 5.74) is 6.03. The molecule has 3 heterocycles. The van der Waals surface area contributed by atoms with Crippen LogP contribution in [0.3, 0.4) is 0 Å². The van der Waals surface area contributed by atoms with Gasteiger partial charge in [-0.15, -0.1) is 11.3 Å². The van der Waals surface area contributed by atoms with Gasteiger partial charge in [0.1, 0.15) is 5.75 Å². The van der Waals surface area contributed by atoms with Crippen LogP contribution in [0.2, 0.25) is 0 Å². The number of hydrogen-bond donors (Lipinski definition) is 2.